The molecule has 2 atom stereocenters. The Morgan fingerprint density at radius 3 is 2.68 bits per heavy atom. The summed E-state index contributed by atoms with van der Waals surface area (Å²) in [5.41, 5.74) is 3.42. The van der Waals surface area contributed by atoms with Gasteiger partial charge >= 0.3 is 0 Å². The fourth-order valence-electron chi connectivity index (χ4n) is 2.42. The van der Waals surface area contributed by atoms with Crippen LogP contribution in [0.2, 0.25) is 0 Å². The fourth-order valence-corrected chi connectivity index (χ4v) is 3.73. The van der Waals surface area contributed by atoms with Gasteiger partial charge in [-0.05, 0) is 31.2 Å². The number of benzene rings is 1. The zero-order valence-electron chi connectivity index (χ0n) is 10.9. The van der Waals surface area contributed by atoms with Crippen molar-refractivity contribution in [3.63, 3.8) is 0 Å². The molecule has 1 heterocycles. The number of hydrazine groups is 1. The molecule has 0 aromatic heterocycles. The molecule has 1 aromatic rings. The van der Waals surface area contributed by atoms with E-state index in [1.54, 1.807) is 0 Å². The lowest BCUT2D eigenvalue weighted by Crippen LogP contribution is -2.55. The van der Waals surface area contributed by atoms with Gasteiger partial charge in [0.15, 0.2) is 0 Å². The summed E-state index contributed by atoms with van der Waals surface area (Å²) in [6.45, 7) is 1.00. The maximum atomic E-state index is 13.2. The van der Waals surface area contributed by atoms with Crippen LogP contribution in [0.1, 0.15) is 5.56 Å². The van der Waals surface area contributed by atoms with Gasteiger partial charge in [-0.3, -0.25) is 11.3 Å². The summed E-state index contributed by atoms with van der Waals surface area (Å²) in [5.74, 6) is 6.61. The summed E-state index contributed by atoms with van der Waals surface area (Å²) in [7, 11) is 2.06. The molecule has 2 unspecified atom stereocenters. The molecule has 0 amide bonds. The summed E-state index contributed by atoms with van der Waals surface area (Å²) in [4.78, 5) is 2.25. The van der Waals surface area contributed by atoms with Gasteiger partial charge in [-0.1, -0.05) is 0 Å². The largest absolute Gasteiger partial charge is 0.300 e. The number of rotatable bonds is 4. The number of thioether (sulfide) groups is 1. The number of likely N-dealkylation sites (N-methyl/N-ethyl adjacent to an activating group) is 1. The summed E-state index contributed by atoms with van der Waals surface area (Å²) in [5, 5.41) is 0. The second-order valence-electron chi connectivity index (χ2n) is 4.88. The van der Waals surface area contributed by atoms with Gasteiger partial charge in [-0.15, -0.1) is 0 Å². The normalized spacial score (nSPS) is 22.4. The van der Waals surface area contributed by atoms with Crippen LogP contribution in [-0.2, 0) is 6.42 Å². The van der Waals surface area contributed by atoms with E-state index < -0.39 is 11.6 Å². The Morgan fingerprint density at radius 1 is 1.42 bits per heavy atom. The Morgan fingerprint density at radius 2 is 2.11 bits per heavy atom. The van der Waals surface area contributed by atoms with Crippen LogP contribution in [0.4, 0.5) is 8.78 Å². The lowest BCUT2D eigenvalue weighted by molar-refractivity contribution is 0.214. The molecule has 2 rings (SSSR count). The fraction of sp³-hybridized carbons (Fsp3) is 0.538. The third-order valence-electron chi connectivity index (χ3n) is 3.50. The maximum Gasteiger partial charge on any atom is 0.126 e. The van der Waals surface area contributed by atoms with Crippen LogP contribution in [0.15, 0.2) is 18.2 Å². The Balaban J connectivity index is 2.09. The predicted octanol–water partition coefficient (Wildman–Crippen LogP) is 1.39. The molecular weight excluding hydrogens is 268 g/mol. The van der Waals surface area contributed by atoms with E-state index in [2.05, 4.69) is 17.4 Å². The van der Waals surface area contributed by atoms with E-state index in [9.17, 15) is 8.78 Å². The van der Waals surface area contributed by atoms with Crippen LogP contribution in [0.5, 0.6) is 0 Å². The smallest absolute Gasteiger partial charge is 0.126 e. The molecular formula is C13H19F2N3S. The van der Waals surface area contributed by atoms with E-state index in [-0.39, 0.29) is 12.1 Å². The van der Waals surface area contributed by atoms with Gasteiger partial charge in [0.05, 0.1) is 0 Å². The molecule has 1 aliphatic rings. The third-order valence-corrected chi connectivity index (χ3v) is 4.55. The Labute approximate surface area is 116 Å². The Bertz CT molecular complexity index is 410. The summed E-state index contributed by atoms with van der Waals surface area (Å²) in [6.07, 6.45) is 0.515. The minimum absolute atomic E-state index is 0.0148. The number of nitrogens with one attached hydrogen (secondary N) is 1. The van der Waals surface area contributed by atoms with Crippen LogP contribution in [0, 0.1) is 11.6 Å². The zero-order valence-corrected chi connectivity index (χ0v) is 11.7. The minimum Gasteiger partial charge on any atom is -0.300 e. The summed E-state index contributed by atoms with van der Waals surface area (Å²) < 4.78 is 26.4. The molecule has 19 heavy (non-hydrogen) atoms. The average molecular weight is 287 g/mol. The standard InChI is InChI=1S/C13H19F2N3S/c1-18-2-3-19-8-13(18)12(17-16)6-9-4-10(14)7-11(15)5-9/h4-5,7,12-13,17H,2-3,6,8,16H2,1H3. The lowest BCUT2D eigenvalue weighted by Gasteiger charge is -2.37. The van der Waals surface area contributed by atoms with E-state index >= 15 is 0 Å². The van der Waals surface area contributed by atoms with Crippen molar-refractivity contribution in [2.75, 3.05) is 25.1 Å². The molecule has 3 N–H and O–H groups in total. The molecule has 0 spiro atoms. The zero-order chi connectivity index (χ0) is 13.8. The van der Waals surface area contributed by atoms with Gasteiger partial charge in [0.1, 0.15) is 11.6 Å². The van der Waals surface area contributed by atoms with Gasteiger partial charge < -0.3 is 4.90 Å². The van der Waals surface area contributed by atoms with Crippen molar-refractivity contribution in [2.45, 2.75) is 18.5 Å². The number of nitrogens with zero attached hydrogens (tertiary/aromatic N) is 1. The first-order valence-electron chi connectivity index (χ1n) is 6.29. The monoisotopic (exact) mass is 287 g/mol. The van der Waals surface area contributed by atoms with Gasteiger partial charge in [-0.25, -0.2) is 8.78 Å². The second-order valence-corrected chi connectivity index (χ2v) is 6.03. The van der Waals surface area contributed by atoms with Crippen molar-refractivity contribution >= 4 is 11.8 Å². The molecule has 3 nitrogen and oxygen atoms in total. The molecule has 106 valence electrons. The molecule has 0 aliphatic carbocycles. The van der Waals surface area contributed by atoms with Crippen molar-refractivity contribution in [1.82, 2.24) is 10.3 Å². The number of hydrogen-bond donors (Lipinski definition) is 2. The van der Waals surface area contributed by atoms with E-state index in [0.717, 1.165) is 24.1 Å². The first-order chi connectivity index (χ1) is 9.10. The van der Waals surface area contributed by atoms with E-state index in [1.165, 1.54) is 12.1 Å². The average Bonchev–Trinajstić information content (AvgIpc) is 2.36. The summed E-state index contributed by atoms with van der Waals surface area (Å²) in [6, 6.07) is 3.87. The van der Waals surface area contributed by atoms with Crippen molar-refractivity contribution in [3.8, 4) is 0 Å². The number of halogens is 2. The topological polar surface area (TPSA) is 41.3 Å². The van der Waals surface area contributed by atoms with Crippen LogP contribution in [0.25, 0.3) is 0 Å². The lowest BCUT2D eigenvalue weighted by atomic mass is 9.99. The highest BCUT2D eigenvalue weighted by Crippen LogP contribution is 2.20. The second kappa shape index (κ2) is 6.65. The van der Waals surface area contributed by atoms with Gasteiger partial charge in [-0.2, -0.15) is 11.8 Å². The first-order valence-corrected chi connectivity index (χ1v) is 7.44. The van der Waals surface area contributed by atoms with Crippen molar-refractivity contribution in [1.29, 1.82) is 0 Å². The van der Waals surface area contributed by atoms with Crippen molar-refractivity contribution in [3.05, 3.63) is 35.4 Å². The highest BCUT2D eigenvalue weighted by molar-refractivity contribution is 7.99. The maximum absolute atomic E-state index is 13.2. The molecule has 1 saturated heterocycles. The highest BCUT2D eigenvalue weighted by Gasteiger charge is 2.27. The van der Waals surface area contributed by atoms with Crippen LogP contribution in [-0.4, -0.2) is 42.1 Å². The molecule has 1 aromatic carbocycles. The van der Waals surface area contributed by atoms with Crippen LogP contribution >= 0.6 is 11.8 Å². The van der Waals surface area contributed by atoms with Gasteiger partial charge in [0.2, 0.25) is 0 Å². The quantitative estimate of drug-likeness (QED) is 0.648. The molecule has 1 aliphatic heterocycles. The molecule has 0 saturated carbocycles. The predicted molar refractivity (Wildman–Crippen MR) is 74.9 cm³/mol. The van der Waals surface area contributed by atoms with Gasteiger partial charge in [0.25, 0.3) is 0 Å². The molecule has 0 radical (unpaired) electrons. The summed E-state index contributed by atoms with van der Waals surface area (Å²) >= 11 is 1.88. The van der Waals surface area contributed by atoms with E-state index in [1.807, 2.05) is 11.8 Å². The van der Waals surface area contributed by atoms with E-state index in [0.29, 0.717) is 12.0 Å². The minimum atomic E-state index is -0.544. The third kappa shape index (κ3) is 3.89. The van der Waals surface area contributed by atoms with Gasteiger partial charge in [0, 0.05) is 36.2 Å². The number of nitrogens with two attached hydrogens (primary N) is 1. The SMILES string of the molecule is CN1CCSCC1C(Cc1cc(F)cc(F)c1)NN. The molecule has 6 heteroatoms. The Kier molecular flexibility index (Phi) is 5.15. The van der Waals surface area contributed by atoms with Crippen molar-refractivity contribution < 1.29 is 8.78 Å². The van der Waals surface area contributed by atoms with E-state index in [4.69, 9.17) is 5.84 Å². The van der Waals surface area contributed by atoms with Crippen molar-refractivity contribution in [2.24, 2.45) is 5.84 Å². The Hall–Kier alpha value is -0.690. The molecule has 1 fully saturated rings. The van der Waals surface area contributed by atoms with Crippen LogP contribution < -0.4 is 11.3 Å². The number of hydrogen-bond acceptors (Lipinski definition) is 4. The van der Waals surface area contributed by atoms with Crippen LogP contribution in [0.3, 0.4) is 0 Å². The molecule has 0 bridgehead atoms. The highest BCUT2D eigenvalue weighted by atomic mass is 32.2. The first kappa shape index (κ1) is 14.7.